The Labute approximate surface area is 169 Å². The molecule has 1 aromatic heterocycles. The van der Waals surface area contributed by atoms with Gasteiger partial charge in [0, 0.05) is 11.8 Å². The van der Waals surface area contributed by atoms with E-state index in [1.807, 2.05) is 6.92 Å². The summed E-state index contributed by atoms with van der Waals surface area (Å²) in [6, 6.07) is 10.9. The summed E-state index contributed by atoms with van der Waals surface area (Å²) < 4.78 is 27.2. The highest BCUT2D eigenvalue weighted by molar-refractivity contribution is 7.93. The minimum atomic E-state index is -3.87. The van der Waals surface area contributed by atoms with Crippen LogP contribution in [0.3, 0.4) is 0 Å². The molecule has 0 fully saturated rings. The summed E-state index contributed by atoms with van der Waals surface area (Å²) in [7, 11) is -3.87. The Morgan fingerprint density at radius 3 is 2.45 bits per heavy atom. The number of nitro groups is 1. The lowest BCUT2D eigenvalue weighted by Gasteiger charge is -2.08. The van der Waals surface area contributed by atoms with Gasteiger partial charge in [0.1, 0.15) is 10.6 Å². The van der Waals surface area contributed by atoms with Gasteiger partial charge in [0.05, 0.1) is 9.82 Å². The van der Waals surface area contributed by atoms with Crippen LogP contribution in [0.15, 0.2) is 53.4 Å². The van der Waals surface area contributed by atoms with Crippen molar-refractivity contribution in [3.8, 4) is 0 Å². The first-order valence-corrected chi connectivity index (χ1v) is 10.6. The lowest BCUT2D eigenvalue weighted by molar-refractivity contribution is -0.385. The summed E-state index contributed by atoms with van der Waals surface area (Å²) in [5.74, 6) is -0.674. The predicted molar refractivity (Wildman–Crippen MR) is 108 cm³/mol. The van der Waals surface area contributed by atoms with Crippen molar-refractivity contribution < 1.29 is 18.1 Å². The van der Waals surface area contributed by atoms with Crippen LogP contribution in [0, 0.1) is 10.1 Å². The topological polar surface area (TPSA) is 144 Å². The lowest BCUT2D eigenvalue weighted by atomic mass is 10.1. The average Bonchev–Trinajstić information content (AvgIpc) is 3.15. The van der Waals surface area contributed by atoms with E-state index in [0.29, 0.717) is 11.4 Å². The third-order valence-corrected chi connectivity index (χ3v) is 6.23. The molecule has 1 amide bonds. The SMILES string of the molecule is CCc1nnc(NS(=O)(=O)c2ccc(NC(=O)c3ccccc3[N+](=O)[O-])cc2)s1. The number of carbonyl (C=O) groups excluding carboxylic acids is 1. The third-order valence-electron chi connectivity index (χ3n) is 3.76. The molecule has 1 heterocycles. The summed E-state index contributed by atoms with van der Waals surface area (Å²) in [6.07, 6.45) is 0.646. The summed E-state index contributed by atoms with van der Waals surface area (Å²) in [5.41, 5.74) is -0.132. The largest absolute Gasteiger partial charge is 0.322 e. The maximum absolute atomic E-state index is 12.4. The van der Waals surface area contributed by atoms with E-state index in [2.05, 4.69) is 20.2 Å². The van der Waals surface area contributed by atoms with Crippen LogP contribution >= 0.6 is 11.3 Å². The Balaban J connectivity index is 1.74. The number of benzene rings is 2. The highest BCUT2D eigenvalue weighted by Crippen LogP contribution is 2.23. The maximum Gasteiger partial charge on any atom is 0.282 e. The molecule has 0 aliphatic rings. The van der Waals surface area contributed by atoms with Crippen LogP contribution in [0.1, 0.15) is 22.3 Å². The molecule has 0 bridgehead atoms. The zero-order chi connectivity index (χ0) is 21.0. The molecule has 0 radical (unpaired) electrons. The van der Waals surface area contributed by atoms with Crippen LogP contribution < -0.4 is 10.0 Å². The Kier molecular flexibility index (Phi) is 5.84. The van der Waals surface area contributed by atoms with Crippen molar-refractivity contribution in [2.75, 3.05) is 10.0 Å². The first kappa shape index (κ1) is 20.4. The van der Waals surface area contributed by atoms with E-state index >= 15 is 0 Å². The zero-order valence-electron chi connectivity index (χ0n) is 15.0. The second-order valence-electron chi connectivity index (χ2n) is 5.71. The Morgan fingerprint density at radius 1 is 1.14 bits per heavy atom. The second kappa shape index (κ2) is 8.32. The van der Waals surface area contributed by atoms with Gasteiger partial charge in [-0.25, -0.2) is 8.42 Å². The molecule has 2 aromatic carbocycles. The number of nitro benzene ring substituents is 1. The number of nitrogens with one attached hydrogen (secondary N) is 2. The van der Waals surface area contributed by atoms with Crippen molar-refractivity contribution in [2.24, 2.45) is 0 Å². The molecule has 0 unspecified atom stereocenters. The number of hydrogen-bond acceptors (Lipinski definition) is 8. The number of hydrogen-bond donors (Lipinski definition) is 2. The maximum atomic E-state index is 12.4. The quantitative estimate of drug-likeness (QED) is 0.430. The minimum Gasteiger partial charge on any atom is -0.322 e. The average molecular weight is 433 g/mol. The third kappa shape index (κ3) is 4.73. The zero-order valence-corrected chi connectivity index (χ0v) is 16.7. The van der Waals surface area contributed by atoms with Crippen LogP contribution in [-0.2, 0) is 16.4 Å². The monoisotopic (exact) mass is 433 g/mol. The Bertz CT molecular complexity index is 1160. The number of aromatic nitrogens is 2. The normalized spacial score (nSPS) is 11.1. The molecular formula is C17H15N5O5S2. The van der Waals surface area contributed by atoms with Gasteiger partial charge in [-0.15, -0.1) is 10.2 Å². The Morgan fingerprint density at radius 2 is 1.83 bits per heavy atom. The smallest absolute Gasteiger partial charge is 0.282 e. The number of carbonyl (C=O) groups is 1. The highest BCUT2D eigenvalue weighted by atomic mass is 32.2. The van der Waals surface area contributed by atoms with Crippen LogP contribution in [-0.4, -0.2) is 29.4 Å². The van der Waals surface area contributed by atoms with Crippen LogP contribution in [0.5, 0.6) is 0 Å². The van der Waals surface area contributed by atoms with Gasteiger partial charge in [-0.05, 0) is 36.8 Å². The van der Waals surface area contributed by atoms with Gasteiger partial charge in [0.15, 0.2) is 0 Å². The summed E-state index contributed by atoms with van der Waals surface area (Å²) in [4.78, 5) is 22.7. The molecular weight excluding hydrogens is 418 g/mol. The fourth-order valence-electron chi connectivity index (χ4n) is 2.35. The molecule has 3 aromatic rings. The standard InChI is InChI=1S/C17H15N5O5S2/c1-2-15-19-20-17(28-15)21-29(26,27)12-9-7-11(8-10-12)18-16(23)13-5-3-4-6-14(13)22(24)25/h3-10H,2H2,1H3,(H,18,23)(H,20,21). The predicted octanol–water partition coefficient (Wildman–Crippen LogP) is 3.06. The molecule has 0 saturated carbocycles. The summed E-state index contributed by atoms with van der Waals surface area (Å²) >= 11 is 1.14. The number of para-hydroxylation sites is 1. The van der Waals surface area contributed by atoms with E-state index in [1.54, 1.807) is 0 Å². The van der Waals surface area contributed by atoms with Crippen molar-refractivity contribution in [1.82, 2.24) is 10.2 Å². The molecule has 2 N–H and O–H groups in total. The van der Waals surface area contributed by atoms with Crippen LogP contribution in [0.25, 0.3) is 0 Å². The minimum absolute atomic E-state index is 0.0329. The van der Waals surface area contributed by atoms with E-state index in [-0.39, 0.29) is 27.0 Å². The molecule has 0 atom stereocenters. The van der Waals surface area contributed by atoms with Gasteiger partial charge < -0.3 is 5.32 Å². The van der Waals surface area contributed by atoms with E-state index in [9.17, 15) is 23.3 Å². The van der Waals surface area contributed by atoms with E-state index in [4.69, 9.17) is 0 Å². The molecule has 0 aliphatic carbocycles. The molecule has 0 saturated heterocycles. The van der Waals surface area contributed by atoms with Gasteiger partial charge in [0.25, 0.3) is 21.6 Å². The first-order valence-electron chi connectivity index (χ1n) is 8.30. The van der Waals surface area contributed by atoms with Crippen LogP contribution in [0.2, 0.25) is 0 Å². The number of sulfonamides is 1. The molecule has 0 aliphatic heterocycles. The molecule has 150 valence electrons. The fourth-order valence-corrected chi connectivity index (χ4v) is 4.26. The van der Waals surface area contributed by atoms with E-state index in [0.717, 1.165) is 11.3 Å². The molecule has 0 spiro atoms. The van der Waals surface area contributed by atoms with Crippen molar-refractivity contribution in [1.29, 1.82) is 0 Å². The first-order chi connectivity index (χ1) is 13.8. The van der Waals surface area contributed by atoms with Crippen molar-refractivity contribution in [3.63, 3.8) is 0 Å². The Hall–Kier alpha value is -3.38. The van der Waals surface area contributed by atoms with Gasteiger partial charge in [-0.1, -0.05) is 30.4 Å². The lowest BCUT2D eigenvalue weighted by Crippen LogP contribution is -2.15. The number of amides is 1. The van der Waals surface area contributed by atoms with Crippen LogP contribution in [0.4, 0.5) is 16.5 Å². The molecule has 3 rings (SSSR count). The fraction of sp³-hybridized carbons (Fsp3) is 0.118. The second-order valence-corrected chi connectivity index (χ2v) is 8.46. The molecule has 12 heteroatoms. The van der Waals surface area contributed by atoms with Crippen molar-refractivity contribution in [3.05, 3.63) is 69.2 Å². The van der Waals surface area contributed by atoms with Gasteiger partial charge in [-0.3, -0.25) is 19.6 Å². The highest BCUT2D eigenvalue weighted by Gasteiger charge is 2.20. The summed E-state index contributed by atoms with van der Waals surface area (Å²) in [5, 5.41) is 22.1. The number of rotatable bonds is 7. The molecule has 10 nitrogen and oxygen atoms in total. The van der Waals surface area contributed by atoms with Crippen molar-refractivity contribution in [2.45, 2.75) is 18.2 Å². The number of nitrogens with zero attached hydrogens (tertiary/aromatic N) is 3. The molecule has 29 heavy (non-hydrogen) atoms. The van der Waals surface area contributed by atoms with Crippen molar-refractivity contribution >= 4 is 43.8 Å². The van der Waals surface area contributed by atoms with Gasteiger partial charge in [-0.2, -0.15) is 0 Å². The van der Waals surface area contributed by atoms with Gasteiger partial charge >= 0.3 is 0 Å². The van der Waals surface area contributed by atoms with E-state index < -0.39 is 20.9 Å². The van der Waals surface area contributed by atoms with E-state index in [1.165, 1.54) is 48.5 Å². The summed E-state index contributed by atoms with van der Waals surface area (Å²) in [6.45, 7) is 1.88. The number of aryl methyl sites for hydroxylation is 1. The number of anilines is 2. The van der Waals surface area contributed by atoms with Gasteiger partial charge in [0.2, 0.25) is 5.13 Å².